The zero-order valence-electron chi connectivity index (χ0n) is 16.2. The zero-order valence-corrected chi connectivity index (χ0v) is 18.6. The molecular formula is C21H14BrClN4O5. The van der Waals surface area contributed by atoms with Crippen LogP contribution in [0.4, 0.5) is 5.69 Å². The molecule has 0 N–H and O–H groups in total. The predicted molar refractivity (Wildman–Crippen MR) is 117 cm³/mol. The Morgan fingerprint density at radius 1 is 1.22 bits per heavy atom. The molecule has 2 aromatic rings. The van der Waals surface area contributed by atoms with E-state index in [-0.39, 0.29) is 52.8 Å². The fourth-order valence-electron chi connectivity index (χ4n) is 4.55. The first kappa shape index (κ1) is 20.8. The summed E-state index contributed by atoms with van der Waals surface area (Å²) in [7, 11) is 0. The summed E-state index contributed by atoms with van der Waals surface area (Å²) in [6.07, 6.45) is 7.29. The third-order valence-electron chi connectivity index (χ3n) is 5.93. The van der Waals surface area contributed by atoms with Crippen LogP contribution in [-0.2, 0) is 9.59 Å². The molecule has 1 aliphatic heterocycles. The van der Waals surface area contributed by atoms with Gasteiger partial charge in [0.1, 0.15) is 6.20 Å². The van der Waals surface area contributed by atoms with Gasteiger partial charge in [-0.3, -0.25) is 19.7 Å². The Hall–Kier alpha value is -3.11. The van der Waals surface area contributed by atoms with Crippen LogP contribution in [0.25, 0.3) is 0 Å². The maximum atomic E-state index is 12.8. The van der Waals surface area contributed by atoms with Crippen molar-refractivity contribution < 1.29 is 19.2 Å². The van der Waals surface area contributed by atoms with E-state index in [1.165, 1.54) is 18.3 Å². The lowest BCUT2D eigenvalue weighted by Gasteiger charge is -2.13. The number of allylic oxidation sites excluding steroid dienone is 2. The van der Waals surface area contributed by atoms with Crippen LogP contribution in [-0.4, -0.2) is 32.9 Å². The van der Waals surface area contributed by atoms with Gasteiger partial charge in [-0.15, -0.1) is 0 Å². The van der Waals surface area contributed by atoms with Gasteiger partial charge in [0.25, 0.3) is 17.5 Å². The molecule has 32 heavy (non-hydrogen) atoms. The number of ether oxygens (including phenoxy) is 1. The number of amides is 2. The summed E-state index contributed by atoms with van der Waals surface area (Å²) in [6, 6.07) is 5.79. The van der Waals surface area contributed by atoms with Crippen LogP contribution in [0.5, 0.6) is 11.6 Å². The molecule has 9 nitrogen and oxygen atoms in total. The minimum absolute atomic E-state index is 0.0917. The molecule has 1 saturated carbocycles. The van der Waals surface area contributed by atoms with Crippen LogP contribution >= 0.6 is 27.5 Å². The molecule has 0 spiro atoms. The first-order valence-corrected chi connectivity index (χ1v) is 10.9. The predicted octanol–water partition coefficient (Wildman–Crippen LogP) is 4.34. The number of hydrazone groups is 1. The number of carbonyl (C=O) groups excluding carboxylic acids is 2. The number of pyridine rings is 1. The van der Waals surface area contributed by atoms with Gasteiger partial charge in [0.2, 0.25) is 5.88 Å². The van der Waals surface area contributed by atoms with Crippen molar-refractivity contribution in [2.45, 2.75) is 6.42 Å². The second kappa shape index (κ2) is 7.79. The van der Waals surface area contributed by atoms with Crippen molar-refractivity contribution in [1.82, 2.24) is 9.99 Å². The van der Waals surface area contributed by atoms with Crippen LogP contribution in [0.1, 0.15) is 12.0 Å². The third kappa shape index (κ3) is 3.39. The molecule has 3 aliphatic rings. The van der Waals surface area contributed by atoms with Crippen molar-refractivity contribution in [2.75, 3.05) is 0 Å². The van der Waals surface area contributed by atoms with Gasteiger partial charge in [-0.2, -0.15) is 10.1 Å². The molecule has 162 valence electrons. The van der Waals surface area contributed by atoms with Crippen molar-refractivity contribution in [1.29, 1.82) is 0 Å². The molecular weight excluding hydrogens is 504 g/mol. The molecule has 1 aromatic carbocycles. The highest BCUT2D eigenvalue weighted by atomic mass is 79.9. The fraction of sp³-hybridized carbons (Fsp3) is 0.238. The van der Waals surface area contributed by atoms with E-state index in [4.69, 9.17) is 16.3 Å². The van der Waals surface area contributed by atoms with Gasteiger partial charge in [-0.25, -0.2) is 4.98 Å². The Bertz CT molecular complexity index is 1190. The molecule has 1 saturated heterocycles. The molecule has 5 rings (SSSR count). The summed E-state index contributed by atoms with van der Waals surface area (Å²) in [5.74, 6) is -0.716. The Morgan fingerprint density at radius 2 is 1.91 bits per heavy atom. The summed E-state index contributed by atoms with van der Waals surface area (Å²) in [5.41, 5.74) is 0.220. The number of nitro groups is 1. The lowest BCUT2D eigenvalue weighted by Crippen LogP contribution is -2.28. The van der Waals surface area contributed by atoms with E-state index in [0.717, 1.165) is 17.6 Å². The summed E-state index contributed by atoms with van der Waals surface area (Å²) in [5, 5.41) is 16.3. The van der Waals surface area contributed by atoms with Crippen molar-refractivity contribution >= 4 is 51.2 Å². The van der Waals surface area contributed by atoms with E-state index in [1.54, 1.807) is 12.1 Å². The first-order chi connectivity index (χ1) is 15.3. The summed E-state index contributed by atoms with van der Waals surface area (Å²) in [6.45, 7) is 0. The molecule has 2 fully saturated rings. The van der Waals surface area contributed by atoms with E-state index < -0.39 is 4.92 Å². The molecule has 0 radical (unpaired) electrons. The number of aromatic nitrogens is 1. The van der Waals surface area contributed by atoms with Crippen molar-refractivity contribution in [3.8, 4) is 11.6 Å². The molecule has 2 aliphatic carbocycles. The standard InChI is InChI=1S/C21H14BrClN4O5/c22-15-7-13(23)6-12(19(15)32-16-4-3-14(9-24-16)27(30)31)8-25-26-20(28)17-10-1-2-11(5-10)18(17)21(26)29/h1-4,6-11,17-18H,5H2/t10-,11-,17-,18+/m0/s1. The number of halogens is 2. The quantitative estimate of drug-likeness (QED) is 0.192. The number of imide groups is 1. The van der Waals surface area contributed by atoms with Crippen LogP contribution < -0.4 is 4.74 Å². The van der Waals surface area contributed by atoms with Gasteiger partial charge in [-0.1, -0.05) is 23.8 Å². The normalized spacial score (nSPS) is 25.8. The highest BCUT2D eigenvalue weighted by Crippen LogP contribution is 2.52. The minimum Gasteiger partial charge on any atom is -0.437 e. The average Bonchev–Trinajstić information content (AvgIpc) is 3.43. The molecule has 0 unspecified atom stereocenters. The topological polar surface area (TPSA) is 115 Å². The maximum Gasteiger partial charge on any atom is 0.287 e. The monoisotopic (exact) mass is 516 g/mol. The van der Waals surface area contributed by atoms with Crippen molar-refractivity contribution in [3.05, 3.63) is 67.8 Å². The number of rotatable bonds is 5. The second-order valence-corrected chi connectivity index (χ2v) is 9.04. The van der Waals surface area contributed by atoms with E-state index >= 15 is 0 Å². The van der Waals surface area contributed by atoms with Crippen molar-refractivity contribution in [2.24, 2.45) is 28.8 Å². The van der Waals surface area contributed by atoms with Gasteiger partial charge >= 0.3 is 0 Å². The lowest BCUT2D eigenvalue weighted by atomic mass is 9.85. The fourth-order valence-corrected chi connectivity index (χ4v) is 5.46. The number of nitrogens with zero attached hydrogens (tertiary/aromatic N) is 4. The smallest absolute Gasteiger partial charge is 0.287 e. The number of fused-ring (bicyclic) bond motifs is 5. The Morgan fingerprint density at radius 3 is 2.50 bits per heavy atom. The van der Waals surface area contributed by atoms with Gasteiger partial charge in [0, 0.05) is 22.7 Å². The number of hydrogen-bond acceptors (Lipinski definition) is 7. The minimum atomic E-state index is -0.561. The van der Waals surface area contributed by atoms with E-state index in [0.29, 0.717) is 15.1 Å². The van der Waals surface area contributed by atoms with Gasteiger partial charge in [0.15, 0.2) is 5.75 Å². The molecule has 1 aromatic heterocycles. The highest BCUT2D eigenvalue weighted by molar-refractivity contribution is 9.10. The van der Waals surface area contributed by atoms with Crippen LogP contribution in [0, 0.1) is 33.8 Å². The number of hydrogen-bond donors (Lipinski definition) is 0. The summed E-state index contributed by atoms with van der Waals surface area (Å²) in [4.78, 5) is 39.9. The lowest BCUT2D eigenvalue weighted by molar-refractivity contribution is -0.385. The molecule has 2 amide bonds. The Balaban J connectivity index is 1.43. The van der Waals surface area contributed by atoms with Gasteiger partial charge < -0.3 is 4.74 Å². The molecule has 2 bridgehead atoms. The molecule has 4 atom stereocenters. The molecule has 11 heteroatoms. The summed E-state index contributed by atoms with van der Waals surface area (Å²) < 4.78 is 6.27. The number of carbonyl (C=O) groups is 2. The number of benzene rings is 1. The Kier molecular flexibility index (Phi) is 5.06. The highest BCUT2D eigenvalue weighted by Gasteiger charge is 2.59. The third-order valence-corrected chi connectivity index (χ3v) is 6.74. The van der Waals surface area contributed by atoms with Crippen LogP contribution in [0.15, 0.2) is 52.2 Å². The van der Waals surface area contributed by atoms with E-state index in [2.05, 4.69) is 26.0 Å². The largest absolute Gasteiger partial charge is 0.437 e. The van der Waals surface area contributed by atoms with Gasteiger partial charge in [-0.05, 0) is 46.3 Å². The maximum absolute atomic E-state index is 12.8. The molecule has 2 heterocycles. The zero-order chi connectivity index (χ0) is 22.6. The van der Waals surface area contributed by atoms with Crippen LogP contribution in [0.3, 0.4) is 0 Å². The Labute approximate surface area is 195 Å². The average molecular weight is 518 g/mol. The van der Waals surface area contributed by atoms with E-state index in [1.807, 2.05) is 12.2 Å². The van der Waals surface area contributed by atoms with Gasteiger partial charge in [0.05, 0.1) is 27.4 Å². The van der Waals surface area contributed by atoms with Crippen molar-refractivity contribution in [3.63, 3.8) is 0 Å². The SMILES string of the molecule is O=C1[C@@H]2[C@H](C(=O)N1N=Cc1cc(Cl)cc(Br)c1Oc1ccc([N+](=O)[O-])cn1)[C@H]1C=C[C@H]2C1. The van der Waals surface area contributed by atoms with E-state index in [9.17, 15) is 19.7 Å². The summed E-state index contributed by atoms with van der Waals surface area (Å²) >= 11 is 9.54. The second-order valence-electron chi connectivity index (χ2n) is 7.75. The van der Waals surface area contributed by atoms with Crippen LogP contribution in [0.2, 0.25) is 5.02 Å². The first-order valence-electron chi connectivity index (χ1n) is 9.71.